The average Bonchev–Trinajstić information content (AvgIpc) is 2.70. The lowest BCUT2D eigenvalue weighted by Gasteiger charge is -2.15. The minimum Gasteiger partial charge on any atom is -0.497 e. The topological polar surface area (TPSA) is 51.2 Å². The average molecular weight is 362 g/mol. The van der Waals surface area contributed by atoms with Crippen LogP contribution in [0.1, 0.15) is 42.1 Å². The van der Waals surface area contributed by atoms with E-state index in [2.05, 4.69) is 12.2 Å². The molecule has 0 saturated heterocycles. The van der Waals surface area contributed by atoms with Crippen molar-refractivity contribution in [1.29, 1.82) is 0 Å². The minimum absolute atomic E-state index is 0.0306. The van der Waals surface area contributed by atoms with Gasteiger partial charge in [-0.3, -0.25) is 4.79 Å². The molecule has 0 atom stereocenters. The number of carbonyl (C=O) groups excluding carboxylic acids is 1. The first-order chi connectivity index (χ1) is 13.2. The van der Waals surface area contributed by atoms with E-state index in [9.17, 15) is 4.79 Å². The molecule has 0 aliphatic rings. The van der Waals surface area contributed by atoms with Crippen molar-refractivity contribution in [3.05, 3.63) is 59.7 Å². The van der Waals surface area contributed by atoms with E-state index >= 15 is 0 Å². The van der Waals surface area contributed by atoms with Crippen LogP contribution in [0.15, 0.2) is 48.5 Å². The molecule has 0 saturated carbocycles. The van der Waals surface area contributed by atoms with Crippen LogP contribution in [0.25, 0.3) is 22.2 Å². The third-order valence-corrected chi connectivity index (χ3v) is 4.79. The van der Waals surface area contributed by atoms with Crippen LogP contribution in [0.3, 0.4) is 0 Å². The van der Waals surface area contributed by atoms with Crippen LogP contribution in [-0.4, -0.2) is 24.5 Å². The Morgan fingerprint density at radius 1 is 1.07 bits per heavy atom. The Morgan fingerprint density at radius 2 is 1.81 bits per heavy atom. The normalized spacial score (nSPS) is 10.8. The van der Waals surface area contributed by atoms with Crippen molar-refractivity contribution in [2.45, 2.75) is 33.1 Å². The minimum atomic E-state index is -0.0306. The van der Waals surface area contributed by atoms with Gasteiger partial charge in [-0.1, -0.05) is 38.0 Å². The number of hydrogen-bond donors (Lipinski definition) is 1. The van der Waals surface area contributed by atoms with Crippen LogP contribution in [0.5, 0.6) is 5.75 Å². The highest BCUT2D eigenvalue weighted by atomic mass is 16.5. The summed E-state index contributed by atoms with van der Waals surface area (Å²) in [6, 6.07) is 15.6. The third kappa shape index (κ3) is 4.11. The van der Waals surface area contributed by atoms with Crippen molar-refractivity contribution in [2.75, 3.05) is 13.7 Å². The van der Waals surface area contributed by atoms with E-state index < -0.39 is 0 Å². The fourth-order valence-corrected chi connectivity index (χ4v) is 3.30. The second-order valence-corrected chi connectivity index (χ2v) is 6.67. The number of unbranched alkanes of at least 4 members (excludes halogenated alkanes) is 2. The van der Waals surface area contributed by atoms with Gasteiger partial charge < -0.3 is 10.1 Å². The molecule has 140 valence electrons. The third-order valence-electron chi connectivity index (χ3n) is 4.79. The van der Waals surface area contributed by atoms with Gasteiger partial charge in [-0.2, -0.15) is 0 Å². The molecule has 3 rings (SSSR count). The highest BCUT2D eigenvalue weighted by molar-refractivity contribution is 6.08. The van der Waals surface area contributed by atoms with E-state index in [0.717, 1.165) is 52.7 Å². The molecule has 0 unspecified atom stereocenters. The van der Waals surface area contributed by atoms with Gasteiger partial charge in [0.2, 0.25) is 0 Å². The molecule has 1 heterocycles. The van der Waals surface area contributed by atoms with Gasteiger partial charge in [-0.15, -0.1) is 0 Å². The molecular formula is C23H26N2O2. The number of methoxy groups -OCH3 is 1. The van der Waals surface area contributed by atoms with Crippen molar-refractivity contribution in [1.82, 2.24) is 10.3 Å². The van der Waals surface area contributed by atoms with Crippen LogP contribution >= 0.6 is 0 Å². The molecule has 0 fully saturated rings. The molecule has 1 N–H and O–H groups in total. The molecule has 4 heteroatoms. The molecule has 1 amide bonds. The number of nitrogens with one attached hydrogen (secondary N) is 1. The second-order valence-electron chi connectivity index (χ2n) is 6.67. The first-order valence-electron chi connectivity index (χ1n) is 9.47. The standard InChI is InChI=1S/C23H26N2O2/c1-4-5-8-15-24-23(26)21-16(2)22(17-11-13-18(27-3)14-12-17)25-20-10-7-6-9-19(20)21/h6-7,9-14H,4-5,8,15H2,1-3H3,(H,24,26). The molecule has 0 radical (unpaired) electrons. The first kappa shape index (κ1) is 18.9. The summed E-state index contributed by atoms with van der Waals surface area (Å²) in [4.78, 5) is 17.8. The summed E-state index contributed by atoms with van der Waals surface area (Å²) in [6.45, 7) is 4.82. The van der Waals surface area contributed by atoms with Crippen molar-refractivity contribution >= 4 is 16.8 Å². The summed E-state index contributed by atoms with van der Waals surface area (Å²) in [6.07, 6.45) is 3.25. The van der Waals surface area contributed by atoms with Crippen LogP contribution in [0.2, 0.25) is 0 Å². The van der Waals surface area contributed by atoms with Crippen molar-refractivity contribution < 1.29 is 9.53 Å². The van der Waals surface area contributed by atoms with Crippen molar-refractivity contribution in [2.24, 2.45) is 0 Å². The van der Waals surface area contributed by atoms with E-state index in [1.807, 2.05) is 55.5 Å². The highest BCUT2D eigenvalue weighted by Crippen LogP contribution is 2.30. The van der Waals surface area contributed by atoms with E-state index in [-0.39, 0.29) is 5.91 Å². The molecule has 0 aliphatic heterocycles. The van der Waals surface area contributed by atoms with Crippen molar-refractivity contribution in [3.8, 4) is 17.0 Å². The van der Waals surface area contributed by atoms with E-state index in [1.54, 1.807) is 7.11 Å². The Kier molecular flexibility index (Phi) is 6.07. The zero-order valence-corrected chi connectivity index (χ0v) is 16.2. The molecule has 0 aliphatic carbocycles. The number of pyridine rings is 1. The number of para-hydroxylation sites is 1. The molecule has 27 heavy (non-hydrogen) atoms. The maximum Gasteiger partial charge on any atom is 0.252 e. The van der Waals surface area contributed by atoms with Gasteiger partial charge in [-0.05, 0) is 49.2 Å². The largest absolute Gasteiger partial charge is 0.497 e. The zero-order valence-electron chi connectivity index (χ0n) is 16.2. The zero-order chi connectivity index (χ0) is 19.2. The van der Waals surface area contributed by atoms with Gasteiger partial charge in [0.25, 0.3) is 5.91 Å². The lowest BCUT2D eigenvalue weighted by atomic mass is 9.97. The Hall–Kier alpha value is -2.88. The first-order valence-corrected chi connectivity index (χ1v) is 9.47. The lowest BCUT2D eigenvalue weighted by Crippen LogP contribution is -2.25. The lowest BCUT2D eigenvalue weighted by molar-refractivity contribution is 0.0954. The van der Waals surface area contributed by atoms with Gasteiger partial charge >= 0.3 is 0 Å². The van der Waals surface area contributed by atoms with E-state index in [1.165, 1.54) is 0 Å². The Morgan fingerprint density at radius 3 is 2.52 bits per heavy atom. The molecule has 4 nitrogen and oxygen atoms in total. The van der Waals surface area contributed by atoms with Gasteiger partial charge in [-0.25, -0.2) is 4.98 Å². The molecule has 1 aromatic heterocycles. The SMILES string of the molecule is CCCCCNC(=O)c1c(C)c(-c2ccc(OC)cc2)nc2ccccc12. The van der Waals surface area contributed by atoms with E-state index in [0.29, 0.717) is 12.1 Å². The summed E-state index contributed by atoms with van der Waals surface area (Å²) in [7, 11) is 1.65. The fraction of sp³-hybridized carbons (Fsp3) is 0.304. The summed E-state index contributed by atoms with van der Waals surface area (Å²) >= 11 is 0. The number of ether oxygens (including phenoxy) is 1. The van der Waals surface area contributed by atoms with Crippen LogP contribution in [0.4, 0.5) is 0 Å². The number of hydrogen-bond acceptors (Lipinski definition) is 3. The number of fused-ring (bicyclic) bond motifs is 1. The van der Waals surface area contributed by atoms with Gasteiger partial charge in [0.05, 0.1) is 23.9 Å². The molecule has 2 aromatic carbocycles. The predicted molar refractivity (Wildman–Crippen MR) is 110 cm³/mol. The maximum absolute atomic E-state index is 13.0. The quantitative estimate of drug-likeness (QED) is 0.592. The molecule has 0 spiro atoms. The molecular weight excluding hydrogens is 336 g/mol. The maximum atomic E-state index is 13.0. The van der Waals surface area contributed by atoms with Crippen LogP contribution < -0.4 is 10.1 Å². The Labute approximate surface area is 160 Å². The summed E-state index contributed by atoms with van der Waals surface area (Å²) < 4.78 is 5.25. The fourth-order valence-electron chi connectivity index (χ4n) is 3.30. The van der Waals surface area contributed by atoms with Crippen LogP contribution in [0, 0.1) is 6.92 Å². The Bertz CT molecular complexity index is 933. The highest BCUT2D eigenvalue weighted by Gasteiger charge is 2.18. The van der Waals surface area contributed by atoms with Crippen LogP contribution in [-0.2, 0) is 0 Å². The van der Waals surface area contributed by atoms with E-state index in [4.69, 9.17) is 9.72 Å². The Balaban J connectivity index is 2.05. The smallest absolute Gasteiger partial charge is 0.252 e. The number of aromatic nitrogens is 1. The predicted octanol–water partition coefficient (Wildman–Crippen LogP) is 5.14. The number of nitrogens with zero attached hydrogens (tertiary/aromatic N) is 1. The summed E-state index contributed by atoms with van der Waals surface area (Å²) in [5, 5.41) is 3.97. The van der Waals surface area contributed by atoms with Gasteiger partial charge in [0.15, 0.2) is 0 Å². The van der Waals surface area contributed by atoms with Gasteiger partial charge in [0.1, 0.15) is 5.75 Å². The number of carbonyl (C=O) groups is 1. The van der Waals surface area contributed by atoms with Gasteiger partial charge in [0, 0.05) is 17.5 Å². The summed E-state index contributed by atoms with van der Waals surface area (Å²) in [5.41, 5.74) is 4.23. The number of benzene rings is 2. The monoisotopic (exact) mass is 362 g/mol. The summed E-state index contributed by atoms with van der Waals surface area (Å²) in [5.74, 6) is 0.767. The number of amides is 1. The molecule has 0 bridgehead atoms. The number of rotatable bonds is 7. The second kappa shape index (κ2) is 8.67. The van der Waals surface area contributed by atoms with Crippen molar-refractivity contribution in [3.63, 3.8) is 0 Å². The molecule has 3 aromatic rings.